The van der Waals surface area contributed by atoms with Crippen molar-refractivity contribution in [1.29, 1.82) is 0 Å². The Bertz CT molecular complexity index is 737. The van der Waals surface area contributed by atoms with Crippen molar-refractivity contribution in [3.8, 4) is 11.3 Å². The van der Waals surface area contributed by atoms with Crippen LogP contribution < -0.4 is 5.73 Å². The minimum absolute atomic E-state index is 0.756. The number of halogens is 1. The second-order valence-corrected chi connectivity index (χ2v) is 5.94. The highest BCUT2D eigenvalue weighted by Gasteiger charge is 2.06. The first kappa shape index (κ1) is 13.2. The van der Waals surface area contributed by atoms with Gasteiger partial charge in [-0.3, -0.25) is 0 Å². The topological polar surface area (TPSA) is 38.9 Å². The molecule has 0 aliphatic heterocycles. The van der Waals surface area contributed by atoms with Crippen LogP contribution in [-0.2, 0) is 6.42 Å². The second kappa shape index (κ2) is 5.65. The van der Waals surface area contributed by atoms with Crippen LogP contribution in [0.4, 0.5) is 5.69 Å². The Labute approximate surface area is 126 Å². The molecule has 20 heavy (non-hydrogen) atoms. The van der Waals surface area contributed by atoms with Gasteiger partial charge in [0.1, 0.15) is 0 Å². The number of hydrogen-bond acceptors (Lipinski definition) is 3. The fourth-order valence-corrected chi connectivity index (χ4v) is 3.09. The number of nitrogens with zero attached hydrogens (tertiary/aromatic N) is 1. The standard InChI is InChI=1S/C16H13ClN2S/c17-13-5-1-3-11(7-13)8-16-19-15(10-20-16)12-4-2-6-14(18)9-12/h1-7,9-10H,8,18H2. The predicted molar refractivity (Wildman–Crippen MR) is 86.2 cm³/mol. The minimum Gasteiger partial charge on any atom is -0.399 e. The van der Waals surface area contributed by atoms with Crippen LogP contribution in [0.25, 0.3) is 11.3 Å². The summed E-state index contributed by atoms with van der Waals surface area (Å²) in [4.78, 5) is 4.67. The van der Waals surface area contributed by atoms with Gasteiger partial charge in [0.05, 0.1) is 10.7 Å². The molecule has 0 fully saturated rings. The molecule has 0 saturated carbocycles. The van der Waals surface area contributed by atoms with Gasteiger partial charge in [-0.15, -0.1) is 11.3 Å². The molecule has 0 bridgehead atoms. The number of hydrogen-bond donors (Lipinski definition) is 1. The highest BCUT2D eigenvalue weighted by Crippen LogP contribution is 2.25. The number of anilines is 1. The molecule has 3 aromatic rings. The normalized spacial score (nSPS) is 10.7. The van der Waals surface area contributed by atoms with Crippen molar-refractivity contribution in [2.24, 2.45) is 0 Å². The van der Waals surface area contributed by atoms with E-state index in [1.54, 1.807) is 11.3 Å². The molecule has 4 heteroatoms. The number of aromatic nitrogens is 1. The number of nitrogen functional groups attached to an aromatic ring is 1. The predicted octanol–water partition coefficient (Wildman–Crippen LogP) is 4.64. The van der Waals surface area contributed by atoms with Crippen LogP contribution >= 0.6 is 22.9 Å². The zero-order valence-corrected chi connectivity index (χ0v) is 12.3. The summed E-state index contributed by atoms with van der Waals surface area (Å²) >= 11 is 7.65. The Morgan fingerprint density at radius 3 is 2.75 bits per heavy atom. The van der Waals surface area contributed by atoms with E-state index < -0.39 is 0 Å². The van der Waals surface area contributed by atoms with E-state index in [1.807, 2.05) is 42.5 Å². The van der Waals surface area contributed by atoms with E-state index in [-0.39, 0.29) is 0 Å². The van der Waals surface area contributed by atoms with Crippen LogP contribution in [0.1, 0.15) is 10.6 Å². The summed E-state index contributed by atoms with van der Waals surface area (Å²) in [5, 5.41) is 3.90. The monoisotopic (exact) mass is 300 g/mol. The van der Waals surface area contributed by atoms with Crippen LogP contribution in [-0.4, -0.2) is 4.98 Å². The summed E-state index contributed by atoms with van der Waals surface area (Å²) in [6.45, 7) is 0. The van der Waals surface area contributed by atoms with E-state index in [2.05, 4.69) is 16.4 Å². The van der Waals surface area contributed by atoms with Gasteiger partial charge in [0, 0.05) is 28.1 Å². The average molecular weight is 301 g/mol. The summed E-state index contributed by atoms with van der Waals surface area (Å²) in [6.07, 6.45) is 0.799. The molecule has 2 nitrogen and oxygen atoms in total. The fraction of sp³-hybridized carbons (Fsp3) is 0.0625. The van der Waals surface area contributed by atoms with Crippen LogP contribution in [0.5, 0.6) is 0 Å². The van der Waals surface area contributed by atoms with E-state index in [4.69, 9.17) is 17.3 Å². The molecule has 0 saturated heterocycles. The van der Waals surface area contributed by atoms with E-state index >= 15 is 0 Å². The maximum Gasteiger partial charge on any atom is 0.0976 e. The SMILES string of the molecule is Nc1cccc(-c2csc(Cc3cccc(Cl)c3)n2)c1. The lowest BCUT2D eigenvalue weighted by atomic mass is 10.1. The molecular weight excluding hydrogens is 288 g/mol. The first-order chi connectivity index (χ1) is 9.70. The summed E-state index contributed by atoms with van der Waals surface area (Å²) in [5.41, 5.74) is 9.76. The van der Waals surface area contributed by atoms with Crippen molar-refractivity contribution in [3.63, 3.8) is 0 Å². The Kier molecular flexibility index (Phi) is 3.72. The Morgan fingerprint density at radius 2 is 1.95 bits per heavy atom. The number of nitrogens with two attached hydrogens (primary N) is 1. The summed E-state index contributed by atoms with van der Waals surface area (Å²) in [7, 11) is 0. The fourth-order valence-electron chi connectivity index (χ4n) is 2.04. The van der Waals surface area contributed by atoms with Crippen molar-refractivity contribution >= 4 is 28.6 Å². The molecule has 100 valence electrons. The van der Waals surface area contributed by atoms with Gasteiger partial charge >= 0.3 is 0 Å². The number of thiazole rings is 1. The largest absolute Gasteiger partial charge is 0.399 e. The van der Waals surface area contributed by atoms with Crippen molar-refractivity contribution in [2.45, 2.75) is 6.42 Å². The van der Waals surface area contributed by atoms with Crippen molar-refractivity contribution in [3.05, 3.63) is 69.5 Å². The van der Waals surface area contributed by atoms with Crippen LogP contribution in [0.2, 0.25) is 5.02 Å². The van der Waals surface area contributed by atoms with Crippen molar-refractivity contribution < 1.29 is 0 Å². The van der Waals surface area contributed by atoms with E-state index in [9.17, 15) is 0 Å². The molecule has 2 N–H and O–H groups in total. The molecule has 0 aliphatic carbocycles. The van der Waals surface area contributed by atoms with Gasteiger partial charge in [-0.25, -0.2) is 4.98 Å². The highest BCUT2D eigenvalue weighted by molar-refractivity contribution is 7.10. The molecule has 3 rings (SSSR count). The number of rotatable bonds is 3. The zero-order valence-electron chi connectivity index (χ0n) is 10.7. The van der Waals surface area contributed by atoms with E-state index in [0.717, 1.165) is 33.4 Å². The maximum atomic E-state index is 6.00. The van der Waals surface area contributed by atoms with Crippen LogP contribution in [0, 0.1) is 0 Å². The smallest absolute Gasteiger partial charge is 0.0976 e. The third kappa shape index (κ3) is 3.00. The molecule has 0 spiro atoms. The molecule has 1 heterocycles. The van der Waals surface area contributed by atoms with Gasteiger partial charge in [0.2, 0.25) is 0 Å². The summed E-state index contributed by atoms with van der Waals surface area (Å²) in [6, 6.07) is 15.7. The number of benzene rings is 2. The third-order valence-corrected chi connectivity index (χ3v) is 4.06. The molecule has 2 aromatic carbocycles. The van der Waals surface area contributed by atoms with Gasteiger partial charge in [-0.05, 0) is 29.8 Å². The third-order valence-electron chi connectivity index (χ3n) is 2.98. The lowest BCUT2D eigenvalue weighted by Crippen LogP contribution is -1.88. The summed E-state index contributed by atoms with van der Waals surface area (Å²) in [5.74, 6) is 0. The highest BCUT2D eigenvalue weighted by atomic mass is 35.5. The molecule has 0 unspecified atom stereocenters. The zero-order chi connectivity index (χ0) is 13.9. The molecular formula is C16H13ClN2S. The molecule has 0 aliphatic rings. The lowest BCUT2D eigenvalue weighted by Gasteiger charge is -1.99. The van der Waals surface area contributed by atoms with Gasteiger partial charge in [0.25, 0.3) is 0 Å². The first-order valence-electron chi connectivity index (χ1n) is 6.25. The Hall–Kier alpha value is -1.84. The minimum atomic E-state index is 0.756. The van der Waals surface area contributed by atoms with E-state index in [1.165, 1.54) is 5.56 Å². The second-order valence-electron chi connectivity index (χ2n) is 4.56. The van der Waals surface area contributed by atoms with Gasteiger partial charge < -0.3 is 5.73 Å². The van der Waals surface area contributed by atoms with Crippen molar-refractivity contribution in [1.82, 2.24) is 4.98 Å². The van der Waals surface area contributed by atoms with Gasteiger partial charge in [-0.2, -0.15) is 0 Å². The maximum absolute atomic E-state index is 6.00. The van der Waals surface area contributed by atoms with Crippen LogP contribution in [0.3, 0.4) is 0 Å². The molecule has 0 radical (unpaired) electrons. The molecule has 1 aromatic heterocycles. The lowest BCUT2D eigenvalue weighted by molar-refractivity contribution is 1.14. The Morgan fingerprint density at radius 1 is 1.10 bits per heavy atom. The summed E-state index contributed by atoms with van der Waals surface area (Å²) < 4.78 is 0. The van der Waals surface area contributed by atoms with Gasteiger partial charge in [-0.1, -0.05) is 35.9 Å². The molecule has 0 atom stereocenters. The molecule has 0 amide bonds. The van der Waals surface area contributed by atoms with Crippen molar-refractivity contribution in [2.75, 3.05) is 5.73 Å². The average Bonchev–Trinajstić information content (AvgIpc) is 2.87. The van der Waals surface area contributed by atoms with E-state index in [0.29, 0.717) is 0 Å². The quantitative estimate of drug-likeness (QED) is 0.716. The Balaban J connectivity index is 1.84. The van der Waals surface area contributed by atoms with Crippen LogP contribution in [0.15, 0.2) is 53.9 Å². The van der Waals surface area contributed by atoms with Gasteiger partial charge in [0.15, 0.2) is 0 Å². The first-order valence-corrected chi connectivity index (χ1v) is 7.51.